The normalized spacial score (nSPS) is 10.9. The first-order valence-corrected chi connectivity index (χ1v) is 11.6. The van der Waals surface area contributed by atoms with Crippen LogP contribution in [0.25, 0.3) is 10.8 Å². The third kappa shape index (κ3) is 6.44. The Morgan fingerprint density at radius 1 is 0.971 bits per heavy atom. The van der Waals surface area contributed by atoms with Gasteiger partial charge >= 0.3 is 0 Å². The van der Waals surface area contributed by atoms with Crippen LogP contribution in [0.3, 0.4) is 0 Å². The highest BCUT2D eigenvalue weighted by Gasteiger charge is 2.08. The molecule has 2 N–H and O–H groups in total. The Balaban J connectivity index is 1.32. The van der Waals surface area contributed by atoms with Gasteiger partial charge in [0.1, 0.15) is 6.61 Å². The number of ether oxygens (including phenoxy) is 2. The topological polar surface area (TPSA) is 72.0 Å². The summed E-state index contributed by atoms with van der Waals surface area (Å²) < 4.78 is 11.3. The van der Waals surface area contributed by atoms with E-state index in [1.54, 1.807) is 31.4 Å². The maximum atomic E-state index is 12.2. The number of carbonyl (C=O) groups excluding carboxylic acids is 1. The third-order valence-electron chi connectivity index (χ3n) is 5.22. The highest BCUT2D eigenvalue weighted by molar-refractivity contribution is 6.35. The molecule has 1 amide bonds. The van der Waals surface area contributed by atoms with Crippen molar-refractivity contribution in [1.82, 2.24) is 5.43 Å². The molecule has 0 aliphatic carbocycles. The number of methoxy groups -OCH3 is 1. The fourth-order valence-corrected chi connectivity index (χ4v) is 3.91. The number of nitrogens with zero attached hydrogens (tertiary/aromatic N) is 1. The molecule has 0 aliphatic rings. The largest absolute Gasteiger partial charge is 0.493 e. The summed E-state index contributed by atoms with van der Waals surface area (Å²) in [7, 11) is 1.55. The second-order valence-electron chi connectivity index (χ2n) is 7.61. The Hall–Kier alpha value is -3.74. The lowest BCUT2D eigenvalue weighted by Crippen LogP contribution is -2.25. The fraction of sp³-hybridized carbons (Fsp3) is 0.111. The summed E-state index contributed by atoms with van der Waals surface area (Å²) in [5, 5.41) is 10.5. The van der Waals surface area contributed by atoms with Gasteiger partial charge < -0.3 is 14.8 Å². The molecule has 35 heavy (non-hydrogen) atoms. The summed E-state index contributed by atoms with van der Waals surface area (Å²) in [6.07, 6.45) is 1.54. The highest BCUT2D eigenvalue weighted by atomic mass is 35.5. The second kappa shape index (κ2) is 11.6. The second-order valence-corrected chi connectivity index (χ2v) is 8.45. The molecule has 8 heteroatoms. The summed E-state index contributed by atoms with van der Waals surface area (Å²) in [6, 6.07) is 24.5. The zero-order chi connectivity index (χ0) is 24.6. The van der Waals surface area contributed by atoms with E-state index >= 15 is 0 Å². The Morgan fingerprint density at radius 2 is 1.80 bits per heavy atom. The molecular formula is C27H23Cl2N3O3. The van der Waals surface area contributed by atoms with Gasteiger partial charge in [-0.1, -0.05) is 65.7 Å². The van der Waals surface area contributed by atoms with E-state index in [-0.39, 0.29) is 19.1 Å². The van der Waals surface area contributed by atoms with Gasteiger partial charge in [-0.3, -0.25) is 4.79 Å². The number of anilines is 1. The summed E-state index contributed by atoms with van der Waals surface area (Å²) in [5.74, 6) is 0.822. The SMILES string of the molecule is COc1cc(/C=N\NC(=O)CNc2cccc3ccccc23)ccc1OCc1ccc(Cl)cc1Cl. The van der Waals surface area contributed by atoms with E-state index < -0.39 is 0 Å². The van der Waals surface area contributed by atoms with Crippen molar-refractivity contribution in [3.63, 3.8) is 0 Å². The van der Waals surface area contributed by atoms with Gasteiger partial charge in [0, 0.05) is 26.7 Å². The van der Waals surface area contributed by atoms with E-state index in [1.165, 1.54) is 6.21 Å². The highest BCUT2D eigenvalue weighted by Crippen LogP contribution is 2.30. The van der Waals surface area contributed by atoms with Crippen molar-refractivity contribution in [3.05, 3.63) is 100 Å². The van der Waals surface area contributed by atoms with E-state index in [0.717, 1.165) is 27.6 Å². The van der Waals surface area contributed by atoms with Gasteiger partial charge in [-0.2, -0.15) is 5.10 Å². The Kier molecular flexibility index (Phi) is 8.08. The number of nitrogens with one attached hydrogen (secondary N) is 2. The zero-order valence-corrected chi connectivity index (χ0v) is 20.4. The molecule has 0 aliphatic heterocycles. The lowest BCUT2D eigenvalue weighted by molar-refractivity contribution is -0.119. The molecule has 4 rings (SSSR count). The van der Waals surface area contributed by atoms with Gasteiger partial charge in [0.25, 0.3) is 5.91 Å². The first kappa shape index (κ1) is 24.4. The van der Waals surface area contributed by atoms with Crippen LogP contribution < -0.4 is 20.2 Å². The summed E-state index contributed by atoms with van der Waals surface area (Å²) in [6.45, 7) is 0.355. The van der Waals surface area contributed by atoms with Crippen molar-refractivity contribution in [2.75, 3.05) is 19.0 Å². The number of hydrogen-bond donors (Lipinski definition) is 2. The lowest BCUT2D eigenvalue weighted by atomic mass is 10.1. The number of halogens is 2. The number of hydrazone groups is 1. The molecule has 0 saturated heterocycles. The van der Waals surface area contributed by atoms with Gasteiger partial charge in [0.05, 0.1) is 19.9 Å². The van der Waals surface area contributed by atoms with Crippen LogP contribution in [-0.2, 0) is 11.4 Å². The third-order valence-corrected chi connectivity index (χ3v) is 5.80. The smallest absolute Gasteiger partial charge is 0.259 e. The number of carbonyl (C=O) groups is 1. The number of fused-ring (bicyclic) bond motifs is 1. The van der Waals surface area contributed by atoms with Crippen LogP contribution in [0.1, 0.15) is 11.1 Å². The van der Waals surface area contributed by atoms with Crippen molar-refractivity contribution in [1.29, 1.82) is 0 Å². The average Bonchev–Trinajstić information content (AvgIpc) is 2.87. The monoisotopic (exact) mass is 507 g/mol. The average molecular weight is 508 g/mol. The molecule has 0 unspecified atom stereocenters. The summed E-state index contributed by atoms with van der Waals surface area (Å²) in [5.41, 5.74) is 4.97. The van der Waals surface area contributed by atoms with Crippen LogP contribution in [0, 0.1) is 0 Å². The molecule has 178 valence electrons. The molecule has 0 heterocycles. The van der Waals surface area contributed by atoms with Crippen LogP contribution in [0.4, 0.5) is 5.69 Å². The zero-order valence-electron chi connectivity index (χ0n) is 18.9. The molecule has 0 spiro atoms. The quantitative estimate of drug-likeness (QED) is 0.206. The van der Waals surface area contributed by atoms with E-state index in [0.29, 0.717) is 21.5 Å². The van der Waals surface area contributed by atoms with E-state index in [1.807, 2.05) is 54.6 Å². The standard InChI is InChI=1S/C27H23Cl2N3O3/c1-34-26-13-18(9-12-25(26)35-17-20-10-11-21(28)14-23(20)29)15-31-32-27(33)16-30-24-8-4-6-19-5-2-3-7-22(19)24/h2-15,30H,16-17H2,1H3,(H,32,33)/b31-15-. The summed E-state index contributed by atoms with van der Waals surface area (Å²) >= 11 is 12.1. The van der Waals surface area contributed by atoms with Crippen LogP contribution in [0.2, 0.25) is 10.0 Å². The molecule has 0 radical (unpaired) electrons. The maximum Gasteiger partial charge on any atom is 0.259 e. The molecule has 4 aromatic rings. The van der Waals surface area contributed by atoms with Gasteiger partial charge in [-0.05, 0) is 47.3 Å². The Bertz CT molecular complexity index is 1370. The Labute approximate surface area is 213 Å². The molecule has 6 nitrogen and oxygen atoms in total. The van der Waals surface area contributed by atoms with Gasteiger partial charge in [-0.15, -0.1) is 0 Å². The van der Waals surface area contributed by atoms with Crippen LogP contribution in [-0.4, -0.2) is 25.8 Å². The van der Waals surface area contributed by atoms with Crippen LogP contribution in [0.5, 0.6) is 11.5 Å². The van der Waals surface area contributed by atoms with Crippen LogP contribution in [0.15, 0.2) is 84.0 Å². The summed E-state index contributed by atoms with van der Waals surface area (Å²) in [4.78, 5) is 12.2. The van der Waals surface area contributed by atoms with Crippen molar-refractivity contribution in [2.45, 2.75) is 6.61 Å². The fourth-order valence-electron chi connectivity index (χ4n) is 3.45. The molecule has 4 aromatic carbocycles. The van der Waals surface area contributed by atoms with Gasteiger partial charge in [0.2, 0.25) is 0 Å². The van der Waals surface area contributed by atoms with Gasteiger partial charge in [0.15, 0.2) is 11.5 Å². The minimum Gasteiger partial charge on any atom is -0.493 e. The van der Waals surface area contributed by atoms with Crippen molar-refractivity contribution >= 4 is 51.8 Å². The lowest BCUT2D eigenvalue weighted by Gasteiger charge is -2.12. The number of rotatable bonds is 9. The molecule has 0 bridgehead atoms. The molecule has 0 aromatic heterocycles. The van der Waals surface area contributed by atoms with Crippen molar-refractivity contribution in [2.24, 2.45) is 5.10 Å². The van der Waals surface area contributed by atoms with E-state index in [4.69, 9.17) is 32.7 Å². The van der Waals surface area contributed by atoms with Crippen molar-refractivity contribution in [3.8, 4) is 11.5 Å². The molecule has 0 atom stereocenters. The van der Waals surface area contributed by atoms with E-state index in [9.17, 15) is 4.79 Å². The molecule has 0 fully saturated rings. The first-order valence-electron chi connectivity index (χ1n) is 10.8. The minimum absolute atomic E-state index is 0.0920. The van der Waals surface area contributed by atoms with Crippen LogP contribution >= 0.6 is 23.2 Å². The molecular weight excluding hydrogens is 485 g/mol. The maximum absolute atomic E-state index is 12.2. The Morgan fingerprint density at radius 3 is 2.63 bits per heavy atom. The first-order chi connectivity index (χ1) is 17.0. The predicted molar refractivity (Wildman–Crippen MR) is 142 cm³/mol. The van der Waals surface area contributed by atoms with E-state index in [2.05, 4.69) is 15.8 Å². The number of benzene rings is 4. The van der Waals surface area contributed by atoms with Gasteiger partial charge in [-0.25, -0.2) is 5.43 Å². The van der Waals surface area contributed by atoms with Crippen molar-refractivity contribution < 1.29 is 14.3 Å². The number of amides is 1. The molecule has 0 saturated carbocycles. The predicted octanol–water partition coefficient (Wildman–Crippen LogP) is 6.30. The minimum atomic E-state index is -0.263. The number of hydrogen-bond acceptors (Lipinski definition) is 5.